The summed E-state index contributed by atoms with van der Waals surface area (Å²) in [7, 11) is 1.74. The summed E-state index contributed by atoms with van der Waals surface area (Å²) in [5, 5.41) is 20.2. The van der Waals surface area contributed by atoms with Crippen molar-refractivity contribution in [3.8, 4) is 6.07 Å². The molecule has 0 radical (unpaired) electrons. The minimum Gasteiger partial charge on any atom is -0.383 e. The number of methoxy groups -OCH3 is 1. The predicted octanol–water partition coefficient (Wildman–Crippen LogP) is 2.28. The van der Waals surface area contributed by atoms with E-state index in [1.807, 2.05) is 6.07 Å². The van der Waals surface area contributed by atoms with Gasteiger partial charge in [0, 0.05) is 64.0 Å². The van der Waals surface area contributed by atoms with E-state index in [2.05, 4.69) is 43.9 Å². The number of aromatic nitrogens is 2. The minimum atomic E-state index is -0.411. The lowest BCUT2D eigenvalue weighted by atomic mass is 9.82. The van der Waals surface area contributed by atoms with Crippen molar-refractivity contribution < 1.29 is 9.47 Å². The quantitative estimate of drug-likeness (QED) is 0.489. The zero-order valence-corrected chi connectivity index (χ0v) is 20.9. The summed E-state index contributed by atoms with van der Waals surface area (Å²) in [6, 6.07) is 5.71. The molecule has 1 aliphatic carbocycles. The zero-order chi connectivity index (χ0) is 24.5. The third kappa shape index (κ3) is 7.19. The van der Waals surface area contributed by atoms with Gasteiger partial charge in [-0.3, -0.25) is 4.99 Å². The number of anilines is 1. The lowest BCUT2D eigenvalue weighted by Gasteiger charge is -2.32. The average Bonchev–Trinajstić information content (AvgIpc) is 2.90. The molecule has 10 heteroatoms. The number of nitrogens with zero attached hydrogens (tertiary/aromatic N) is 5. The molecular formula is C25H38N8O2. The molecular weight excluding hydrogens is 444 g/mol. The third-order valence-corrected chi connectivity index (χ3v) is 7.11. The molecule has 1 aromatic heterocycles. The SMILES string of the molecule is COC[C@@H](C)NC1CCC(NC2=NCCC(c3cc(NCC4(C#N)CCOCC4)ncn3)=N2)CC1. The maximum absolute atomic E-state index is 9.69. The van der Waals surface area contributed by atoms with Crippen LogP contribution in [0.4, 0.5) is 5.82 Å². The normalized spacial score (nSPS) is 25.1. The highest BCUT2D eigenvalue weighted by atomic mass is 16.5. The number of hydrogen-bond acceptors (Lipinski definition) is 10. The molecule has 0 bridgehead atoms. The molecule has 3 heterocycles. The van der Waals surface area contributed by atoms with Gasteiger partial charge < -0.3 is 25.4 Å². The number of aliphatic imine (C=N–C) groups is 2. The lowest BCUT2D eigenvalue weighted by Crippen LogP contribution is -2.45. The average molecular weight is 483 g/mol. The van der Waals surface area contributed by atoms with E-state index in [4.69, 9.17) is 14.5 Å². The van der Waals surface area contributed by atoms with Gasteiger partial charge >= 0.3 is 0 Å². The summed E-state index contributed by atoms with van der Waals surface area (Å²) < 4.78 is 10.7. The van der Waals surface area contributed by atoms with Gasteiger partial charge in [-0.2, -0.15) is 5.26 Å². The molecule has 0 aromatic carbocycles. The fourth-order valence-electron chi connectivity index (χ4n) is 5.00. The molecule has 190 valence electrons. The molecule has 35 heavy (non-hydrogen) atoms. The minimum absolute atomic E-state index is 0.374. The molecule has 3 N–H and O–H groups in total. The first kappa shape index (κ1) is 25.5. The molecule has 0 unspecified atom stereocenters. The van der Waals surface area contributed by atoms with Crippen molar-refractivity contribution in [2.45, 2.75) is 70.0 Å². The van der Waals surface area contributed by atoms with Gasteiger partial charge in [-0.15, -0.1) is 0 Å². The van der Waals surface area contributed by atoms with Crippen LogP contribution in [0, 0.1) is 16.7 Å². The molecule has 2 fully saturated rings. The first-order valence-corrected chi connectivity index (χ1v) is 12.8. The van der Waals surface area contributed by atoms with Crippen LogP contribution in [-0.2, 0) is 9.47 Å². The largest absolute Gasteiger partial charge is 0.383 e. The monoisotopic (exact) mass is 482 g/mol. The Labute approximate surface area is 208 Å². The maximum atomic E-state index is 9.69. The lowest BCUT2D eigenvalue weighted by molar-refractivity contribution is 0.0455. The third-order valence-electron chi connectivity index (χ3n) is 7.11. The van der Waals surface area contributed by atoms with E-state index in [1.54, 1.807) is 13.4 Å². The number of rotatable bonds is 9. The van der Waals surface area contributed by atoms with E-state index in [0.717, 1.165) is 63.0 Å². The Bertz CT molecular complexity index is 930. The summed E-state index contributed by atoms with van der Waals surface area (Å²) in [6.45, 7) is 5.40. The highest BCUT2D eigenvalue weighted by Crippen LogP contribution is 2.30. The topological polar surface area (TPSA) is 129 Å². The van der Waals surface area contributed by atoms with E-state index < -0.39 is 5.41 Å². The standard InChI is InChI=1S/C25H38N8O2/c1-18(14-34-2)31-19-3-5-20(6-4-19)32-24-27-10-7-21(33-24)22-13-23(30-17-29-22)28-16-25(15-26)8-11-35-12-9-25/h13,17-20,31H,3-12,14,16H2,1-2H3,(H,27,32)(H,28,29,30)/t18-,19?,20?/m1/s1. The fraction of sp³-hybridized carbons (Fsp3) is 0.720. The van der Waals surface area contributed by atoms with Gasteiger partial charge in [0.15, 0.2) is 0 Å². The van der Waals surface area contributed by atoms with Gasteiger partial charge in [0.05, 0.1) is 29.5 Å². The molecule has 1 saturated heterocycles. The number of ether oxygens (including phenoxy) is 2. The predicted molar refractivity (Wildman–Crippen MR) is 136 cm³/mol. The van der Waals surface area contributed by atoms with E-state index in [1.165, 1.54) is 0 Å². The summed E-state index contributed by atoms with van der Waals surface area (Å²) in [5.74, 6) is 1.42. The smallest absolute Gasteiger partial charge is 0.218 e. The second-order valence-electron chi connectivity index (χ2n) is 9.88. The Hall–Kier alpha value is -2.61. The second-order valence-corrected chi connectivity index (χ2v) is 9.88. The first-order chi connectivity index (χ1) is 17.1. The van der Waals surface area contributed by atoms with Crippen LogP contribution in [0.2, 0.25) is 0 Å². The van der Waals surface area contributed by atoms with Crippen LogP contribution in [0.5, 0.6) is 0 Å². The van der Waals surface area contributed by atoms with Crippen molar-refractivity contribution in [1.29, 1.82) is 5.26 Å². The Morgan fingerprint density at radius 1 is 1.20 bits per heavy atom. The maximum Gasteiger partial charge on any atom is 0.218 e. The summed E-state index contributed by atoms with van der Waals surface area (Å²) >= 11 is 0. The van der Waals surface area contributed by atoms with Gasteiger partial charge in [0.2, 0.25) is 5.96 Å². The number of nitriles is 1. The Morgan fingerprint density at radius 3 is 2.71 bits per heavy atom. The summed E-state index contributed by atoms with van der Waals surface area (Å²) in [5.41, 5.74) is 1.30. The number of nitrogens with one attached hydrogen (secondary N) is 3. The van der Waals surface area contributed by atoms with E-state index in [-0.39, 0.29) is 0 Å². The van der Waals surface area contributed by atoms with Crippen LogP contribution in [-0.4, -0.2) is 79.8 Å². The van der Waals surface area contributed by atoms with Crippen molar-refractivity contribution in [2.75, 3.05) is 45.3 Å². The molecule has 0 amide bonds. The molecule has 1 aromatic rings. The van der Waals surface area contributed by atoms with E-state index in [0.29, 0.717) is 56.2 Å². The van der Waals surface area contributed by atoms with Gasteiger partial charge in [-0.1, -0.05) is 0 Å². The van der Waals surface area contributed by atoms with Crippen molar-refractivity contribution in [2.24, 2.45) is 15.4 Å². The molecule has 0 spiro atoms. The van der Waals surface area contributed by atoms with Crippen molar-refractivity contribution in [3.05, 3.63) is 18.1 Å². The van der Waals surface area contributed by atoms with Crippen LogP contribution < -0.4 is 16.0 Å². The van der Waals surface area contributed by atoms with Crippen molar-refractivity contribution in [3.63, 3.8) is 0 Å². The number of hydrogen-bond donors (Lipinski definition) is 3. The molecule has 4 rings (SSSR count). The Morgan fingerprint density at radius 2 is 1.97 bits per heavy atom. The highest BCUT2D eigenvalue weighted by molar-refractivity contribution is 6.07. The van der Waals surface area contributed by atoms with E-state index in [9.17, 15) is 5.26 Å². The molecule has 10 nitrogen and oxygen atoms in total. The van der Waals surface area contributed by atoms with E-state index >= 15 is 0 Å². The summed E-state index contributed by atoms with van der Waals surface area (Å²) in [6.07, 6.45) is 8.21. The highest BCUT2D eigenvalue weighted by Gasteiger charge is 2.32. The molecule has 1 atom stereocenters. The van der Waals surface area contributed by atoms with Gasteiger partial charge in [0.25, 0.3) is 0 Å². The first-order valence-electron chi connectivity index (χ1n) is 12.8. The summed E-state index contributed by atoms with van der Waals surface area (Å²) in [4.78, 5) is 18.2. The van der Waals surface area contributed by atoms with Crippen LogP contribution >= 0.6 is 0 Å². The molecule has 1 saturated carbocycles. The molecule has 3 aliphatic rings. The Kier molecular flexibility index (Phi) is 9.01. The van der Waals surface area contributed by atoms with Gasteiger partial charge in [-0.05, 0) is 45.4 Å². The van der Waals surface area contributed by atoms with Crippen LogP contribution in [0.3, 0.4) is 0 Å². The fourth-order valence-corrected chi connectivity index (χ4v) is 5.00. The van der Waals surface area contributed by atoms with Gasteiger partial charge in [-0.25, -0.2) is 15.0 Å². The Balaban J connectivity index is 1.31. The van der Waals surface area contributed by atoms with Gasteiger partial charge in [0.1, 0.15) is 12.1 Å². The second kappa shape index (κ2) is 12.4. The van der Waals surface area contributed by atoms with Crippen molar-refractivity contribution in [1.82, 2.24) is 20.6 Å². The zero-order valence-electron chi connectivity index (χ0n) is 20.9. The van der Waals surface area contributed by atoms with Crippen LogP contribution in [0.1, 0.15) is 57.6 Å². The van der Waals surface area contributed by atoms with Crippen LogP contribution in [0.15, 0.2) is 22.4 Å². The van der Waals surface area contributed by atoms with Crippen LogP contribution in [0.25, 0.3) is 0 Å². The van der Waals surface area contributed by atoms with Crippen molar-refractivity contribution >= 4 is 17.5 Å². The number of guanidine groups is 1. The molecule has 2 aliphatic heterocycles.